The van der Waals surface area contributed by atoms with Gasteiger partial charge in [-0.1, -0.05) is 149 Å². The Morgan fingerprint density at radius 1 is 0.691 bits per heavy atom. The number of para-hydroxylation sites is 2. The molecule has 0 unspecified atom stereocenters. The first kappa shape index (κ1) is 36.1. The van der Waals surface area contributed by atoms with Crippen LogP contribution >= 0.6 is 0 Å². The molecular formula is C52H52N3+. The lowest BCUT2D eigenvalue weighted by Crippen LogP contribution is -2.78. The molecule has 1 aromatic heterocycles. The van der Waals surface area contributed by atoms with E-state index in [0.717, 1.165) is 55.7 Å². The van der Waals surface area contributed by atoms with Crippen molar-refractivity contribution in [1.29, 1.82) is 0 Å². The summed E-state index contributed by atoms with van der Waals surface area (Å²) in [5.74, 6) is 0. The third-order valence-electron chi connectivity index (χ3n) is 11.1. The van der Waals surface area contributed by atoms with Gasteiger partial charge in [0.25, 0.3) is 0 Å². The van der Waals surface area contributed by atoms with Crippen molar-refractivity contribution in [2.75, 3.05) is 11.4 Å². The predicted octanol–water partition coefficient (Wildman–Crippen LogP) is 12.3. The Balaban J connectivity index is 1.28. The number of rotatable bonds is 14. The molecule has 0 aliphatic heterocycles. The van der Waals surface area contributed by atoms with Crippen LogP contribution in [0.25, 0.3) is 44.1 Å². The van der Waals surface area contributed by atoms with Crippen LogP contribution in [-0.4, -0.2) is 11.1 Å². The molecule has 55 heavy (non-hydrogen) atoms. The summed E-state index contributed by atoms with van der Waals surface area (Å²) in [5, 5.41) is 10.2. The Hall–Kier alpha value is -5.90. The zero-order valence-corrected chi connectivity index (χ0v) is 32.3. The van der Waals surface area contributed by atoms with Crippen LogP contribution in [0.15, 0.2) is 175 Å². The maximum absolute atomic E-state index is 4.67. The third kappa shape index (κ3) is 7.33. The molecule has 1 aliphatic rings. The second-order valence-corrected chi connectivity index (χ2v) is 14.8. The Kier molecular flexibility index (Phi) is 10.9. The summed E-state index contributed by atoms with van der Waals surface area (Å²) in [5.41, 5.74) is 11.0. The van der Waals surface area contributed by atoms with E-state index in [4.69, 9.17) is 0 Å². The molecule has 0 amide bonds. The summed E-state index contributed by atoms with van der Waals surface area (Å²) in [4.78, 5) is 2.46. The molecule has 274 valence electrons. The van der Waals surface area contributed by atoms with Gasteiger partial charge < -0.3 is 14.8 Å². The van der Waals surface area contributed by atoms with E-state index in [1.54, 1.807) is 0 Å². The minimum Gasteiger partial charge on any atom is -0.340 e. The van der Waals surface area contributed by atoms with Crippen LogP contribution in [0.5, 0.6) is 0 Å². The van der Waals surface area contributed by atoms with E-state index in [9.17, 15) is 0 Å². The van der Waals surface area contributed by atoms with Crippen LogP contribution in [0, 0.1) is 0 Å². The van der Waals surface area contributed by atoms with Gasteiger partial charge >= 0.3 is 0 Å². The summed E-state index contributed by atoms with van der Waals surface area (Å²) < 4.78 is 2.55. The zero-order chi connectivity index (χ0) is 37.6. The second kappa shape index (κ2) is 16.6. The van der Waals surface area contributed by atoms with Crippen molar-refractivity contribution in [3.05, 3.63) is 186 Å². The number of hydrogen-bond donors (Lipinski definition) is 1. The first-order valence-corrected chi connectivity index (χ1v) is 20.2. The SMILES string of the molecule is C=C(/C=C/C1=C(N(c2ccccc2)c2ccccc2)C(=C/C=c2\c3cccc4cccc(c43)n2CCCC)/CC1)c1cccc2cccc([NH2+]CCCC)c12. The van der Waals surface area contributed by atoms with Gasteiger partial charge in [0.1, 0.15) is 5.69 Å². The Labute approximate surface area is 326 Å². The van der Waals surface area contributed by atoms with Gasteiger partial charge in [0, 0.05) is 39.6 Å². The molecule has 3 heteroatoms. The molecule has 1 aliphatic carbocycles. The van der Waals surface area contributed by atoms with Crippen LogP contribution < -0.4 is 15.6 Å². The summed E-state index contributed by atoms with van der Waals surface area (Å²) >= 11 is 0. The number of aryl methyl sites for hydroxylation is 1. The predicted molar refractivity (Wildman–Crippen MR) is 237 cm³/mol. The molecule has 8 rings (SSSR count). The smallest absolute Gasteiger partial charge is 0.138 e. The molecule has 0 fully saturated rings. The van der Waals surface area contributed by atoms with E-state index in [2.05, 4.69) is 193 Å². The topological polar surface area (TPSA) is 24.8 Å². The molecule has 0 atom stereocenters. The number of hydrogen-bond acceptors (Lipinski definition) is 1. The number of fused-ring (bicyclic) bond motifs is 1. The molecule has 0 radical (unpaired) electrons. The van der Waals surface area contributed by atoms with Gasteiger partial charge in [-0.05, 0) is 101 Å². The van der Waals surface area contributed by atoms with E-state index in [1.807, 2.05) is 0 Å². The maximum atomic E-state index is 4.67. The minimum absolute atomic E-state index is 0.950. The van der Waals surface area contributed by atoms with Gasteiger partial charge in [0.05, 0.1) is 17.6 Å². The van der Waals surface area contributed by atoms with Crippen LogP contribution in [0.2, 0.25) is 0 Å². The lowest BCUT2D eigenvalue weighted by Gasteiger charge is -2.28. The Bertz CT molecular complexity index is 2550. The highest BCUT2D eigenvalue weighted by atomic mass is 15.2. The van der Waals surface area contributed by atoms with Gasteiger partial charge in [-0.3, -0.25) is 0 Å². The minimum atomic E-state index is 0.950. The van der Waals surface area contributed by atoms with Crippen molar-refractivity contribution in [3.63, 3.8) is 0 Å². The number of benzene rings is 6. The second-order valence-electron chi connectivity index (χ2n) is 14.8. The standard InChI is InChI=1S/C52H51N3/c1-4-6-36-53-47-28-16-20-39-18-14-26-45(50(39)47)38(3)30-31-41-32-33-42(52(41)55(43-22-10-8-11-23-43)44-24-12-9-13-25-44)34-35-48-46-27-15-19-40-21-17-29-49(51(40)46)54(48)37-7-5-2/h8-31,34-35,53H,3-7,32-33,36-37H2,1-2H3/p+1/b31-30+,42-34+,48-35+. The molecule has 0 saturated heterocycles. The Morgan fingerprint density at radius 3 is 2.05 bits per heavy atom. The van der Waals surface area contributed by atoms with Gasteiger partial charge in [-0.25, -0.2) is 0 Å². The normalized spacial score (nSPS) is 14.4. The number of quaternary nitrogens is 1. The first-order valence-electron chi connectivity index (χ1n) is 20.2. The van der Waals surface area contributed by atoms with E-state index in [1.165, 1.54) is 78.7 Å². The van der Waals surface area contributed by atoms with E-state index in [0.29, 0.717) is 0 Å². The van der Waals surface area contributed by atoms with Gasteiger partial charge in [0.2, 0.25) is 0 Å². The molecule has 3 nitrogen and oxygen atoms in total. The highest BCUT2D eigenvalue weighted by Gasteiger charge is 2.26. The van der Waals surface area contributed by atoms with E-state index < -0.39 is 0 Å². The number of nitrogens with two attached hydrogens (primary N) is 1. The van der Waals surface area contributed by atoms with Gasteiger partial charge in [-0.2, -0.15) is 0 Å². The fraction of sp³-hybridized carbons (Fsp3) is 0.192. The quantitative estimate of drug-likeness (QED) is 0.0676. The largest absolute Gasteiger partial charge is 0.340 e. The van der Waals surface area contributed by atoms with Crippen molar-refractivity contribution >= 4 is 61.2 Å². The summed E-state index contributed by atoms with van der Waals surface area (Å²) in [6.45, 7) is 11.3. The van der Waals surface area contributed by atoms with Crippen LogP contribution in [0.3, 0.4) is 0 Å². The lowest BCUT2D eigenvalue weighted by molar-refractivity contribution is -0.570. The molecule has 0 saturated carbocycles. The highest BCUT2D eigenvalue weighted by Crippen LogP contribution is 2.42. The van der Waals surface area contributed by atoms with Gasteiger partial charge in [0.15, 0.2) is 0 Å². The average Bonchev–Trinajstić information content (AvgIpc) is 3.77. The van der Waals surface area contributed by atoms with Crippen molar-refractivity contribution < 1.29 is 5.32 Å². The van der Waals surface area contributed by atoms with Crippen molar-refractivity contribution in [2.24, 2.45) is 0 Å². The highest BCUT2D eigenvalue weighted by molar-refractivity contribution is 6.10. The number of nitrogens with zero attached hydrogens (tertiary/aromatic N) is 2. The number of unbranched alkanes of at least 4 members (excludes halogenated alkanes) is 2. The fourth-order valence-corrected chi connectivity index (χ4v) is 8.40. The van der Waals surface area contributed by atoms with Crippen molar-refractivity contribution in [2.45, 2.75) is 58.9 Å². The lowest BCUT2D eigenvalue weighted by atomic mass is 9.96. The molecule has 1 heterocycles. The average molecular weight is 719 g/mol. The number of allylic oxidation sites excluding steroid dienone is 6. The summed E-state index contributed by atoms with van der Waals surface area (Å²) in [7, 11) is 0. The van der Waals surface area contributed by atoms with Crippen LogP contribution in [0.4, 0.5) is 17.1 Å². The number of anilines is 2. The zero-order valence-electron chi connectivity index (χ0n) is 32.3. The van der Waals surface area contributed by atoms with Crippen molar-refractivity contribution in [3.8, 4) is 0 Å². The van der Waals surface area contributed by atoms with Crippen LogP contribution in [-0.2, 0) is 6.54 Å². The molecular weight excluding hydrogens is 667 g/mol. The summed E-state index contributed by atoms with van der Waals surface area (Å²) in [6, 6.07) is 48.4. The van der Waals surface area contributed by atoms with Crippen LogP contribution in [0.1, 0.15) is 57.9 Å². The first-order chi connectivity index (χ1) is 27.2. The van der Waals surface area contributed by atoms with Crippen molar-refractivity contribution in [1.82, 2.24) is 4.57 Å². The molecule has 2 N–H and O–H groups in total. The fourth-order valence-electron chi connectivity index (χ4n) is 8.40. The molecule has 0 bridgehead atoms. The molecule has 6 aromatic carbocycles. The molecule has 7 aromatic rings. The maximum Gasteiger partial charge on any atom is 0.138 e. The number of aromatic nitrogens is 1. The van der Waals surface area contributed by atoms with E-state index in [-0.39, 0.29) is 0 Å². The summed E-state index contributed by atoms with van der Waals surface area (Å²) in [6.07, 6.45) is 16.0. The monoisotopic (exact) mass is 718 g/mol. The van der Waals surface area contributed by atoms with Gasteiger partial charge in [-0.15, -0.1) is 0 Å². The third-order valence-corrected chi connectivity index (χ3v) is 11.1. The Morgan fingerprint density at radius 2 is 1.35 bits per heavy atom. The molecule has 0 spiro atoms. The van der Waals surface area contributed by atoms with E-state index >= 15 is 0 Å².